The van der Waals surface area contributed by atoms with Crippen molar-refractivity contribution in [2.24, 2.45) is 5.92 Å². The van der Waals surface area contributed by atoms with Crippen LogP contribution in [0.25, 0.3) is 0 Å². The van der Waals surface area contributed by atoms with Gasteiger partial charge in [0, 0.05) is 18.6 Å². The molecule has 2 aliphatic rings. The topological polar surface area (TPSA) is 23.5 Å². The normalized spacial score (nSPS) is 38.1. The maximum atomic E-state index is 9.94. The minimum atomic E-state index is -0.0927. The molecule has 2 bridgehead atoms. The molecule has 0 spiro atoms. The lowest BCUT2D eigenvalue weighted by Gasteiger charge is -2.35. The van der Waals surface area contributed by atoms with Gasteiger partial charge in [0.05, 0.1) is 6.10 Å². The van der Waals surface area contributed by atoms with Gasteiger partial charge >= 0.3 is 0 Å². The number of piperidine rings is 1. The Balaban J connectivity index is 1.76. The van der Waals surface area contributed by atoms with Gasteiger partial charge in [0.15, 0.2) is 0 Å². The zero-order valence-electron chi connectivity index (χ0n) is 9.71. The average Bonchev–Trinajstić information content (AvgIpc) is 2.80. The molecular weight excluding hydrogens is 198 g/mol. The monoisotopic (exact) mass is 217 g/mol. The van der Waals surface area contributed by atoms with E-state index >= 15 is 0 Å². The van der Waals surface area contributed by atoms with Crippen LogP contribution in [0.5, 0.6) is 0 Å². The first-order valence-electron chi connectivity index (χ1n) is 6.23. The highest BCUT2D eigenvalue weighted by Gasteiger charge is 2.48. The number of fused-ring (bicyclic) bond motifs is 2. The number of aliphatic hydroxyl groups is 1. The summed E-state index contributed by atoms with van der Waals surface area (Å²) in [5, 5.41) is 9.94. The van der Waals surface area contributed by atoms with Crippen LogP contribution in [0.2, 0.25) is 0 Å². The van der Waals surface area contributed by atoms with E-state index in [1.807, 2.05) is 0 Å². The van der Waals surface area contributed by atoms with E-state index in [1.54, 1.807) is 0 Å². The summed E-state index contributed by atoms with van der Waals surface area (Å²) >= 11 is 0. The van der Waals surface area contributed by atoms with E-state index in [2.05, 4.69) is 42.2 Å². The molecule has 16 heavy (non-hydrogen) atoms. The van der Waals surface area contributed by atoms with Crippen LogP contribution in [-0.2, 0) is 6.54 Å². The number of hydrogen-bond acceptors (Lipinski definition) is 2. The molecule has 0 aromatic heterocycles. The largest absolute Gasteiger partial charge is 0.391 e. The molecule has 1 aliphatic heterocycles. The molecule has 3 rings (SSSR count). The van der Waals surface area contributed by atoms with E-state index in [0.29, 0.717) is 18.0 Å². The number of rotatable bonds is 2. The van der Waals surface area contributed by atoms with E-state index in [4.69, 9.17) is 0 Å². The minimum absolute atomic E-state index is 0.0927. The quantitative estimate of drug-likeness (QED) is 0.819. The molecule has 4 unspecified atom stereocenters. The third-order valence-electron chi connectivity index (χ3n) is 4.37. The maximum Gasteiger partial charge on any atom is 0.0699 e. The van der Waals surface area contributed by atoms with Crippen LogP contribution in [0.4, 0.5) is 0 Å². The number of hydrogen-bond donors (Lipinski definition) is 1. The second-order valence-corrected chi connectivity index (χ2v) is 5.26. The third-order valence-corrected chi connectivity index (χ3v) is 4.37. The van der Waals surface area contributed by atoms with Crippen molar-refractivity contribution in [3.63, 3.8) is 0 Å². The van der Waals surface area contributed by atoms with Crippen LogP contribution in [-0.4, -0.2) is 28.2 Å². The molecule has 1 aromatic rings. The van der Waals surface area contributed by atoms with Crippen LogP contribution >= 0.6 is 0 Å². The highest BCUT2D eigenvalue weighted by atomic mass is 16.3. The van der Waals surface area contributed by atoms with Gasteiger partial charge in [0.25, 0.3) is 0 Å². The highest BCUT2D eigenvalue weighted by Crippen LogP contribution is 2.42. The molecule has 0 amide bonds. The van der Waals surface area contributed by atoms with Crippen molar-refractivity contribution in [2.45, 2.75) is 44.5 Å². The van der Waals surface area contributed by atoms with Gasteiger partial charge in [-0.1, -0.05) is 30.3 Å². The van der Waals surface area contributed by atoms with Crippen LogP contribution in [0, 0.1) is 5.92 Å². The first kappa shape index (κ1) is 10.3. The fourth-order valence-electron chi connectivity index (χ4n) is 3.41. The van der Waals surface area contributed by atoms with Crippen LogP contribution < -0.4 is 0 Å². The Hall–Kier alpha value is -0.860. The second kappa shape index (κ2) is 3.86. The predicted molar refractivity (Wildman–Crippen MR) is 64.0 cm³/mol. The Morgan fingerprint density at radius 1 is 1.25 bits per heavy atom. The van der Waals surface area contributed by atoms with Gasteiger partial charge in [0.1, 0.15) is 0 Å². The Labute approximate surface area is 96.9 Å². The Morgan fingerprint density at radius 2 is 2.00 bits per heavy atom. The second-order valence-electron chi connectivity index (χ2n) is 5.26. The summed E-state index contributed by atoms with van der Waals surface area (Å²) < 4.78 is 0. The summed E-state index contributed by atoms with van der Waals surface area (Å²) in [6.07, 6.45) is 2.11. The molecule has 2 nitrogen and oxygen atoms in total. The van der Waals surface area contributed by atoms with Gasteiger partial charge < -0.3 is 5.11 Å². The van der Waals surface area contributed by atoms with Gasteiger partial charge in [-0.05, 0) is 31.2 Å². The van der Waals surface area contributed by atoms with Crippen molar-refractivity contribution in [3.05, 3.63) is 35.9 Å². The molecule has 1 heterocycles. The minimum Gasteiger partial charge on any atom is -0.391 e. The van der Waals surface area contributed by atoms with Crippen molar-refractivity contribution in [2.75, 3.05) is 0 Å². The number of aliphatic hydroxyl groups excluding tert-OH is 1. The molecule has 1 saturated heterocycles. The summed E-state index contributed by atoms with van der Waals surface area (Å²) in [6.45, 7) is 3.29. The van der Waals surface area contributed by atoms with E-state index in [0.717, 1.165) is 13.0 Å². The fourth-order valence-corrected chi connectivity index (χ4v) is 3.41. The summed E-state index contributed by atoms with van der Waals surface area (Å²) in [4.78, 5) is 2.48. The molecule has 4 atom stereocenters. The standard InChI is InChI=1S/C14H19NO/c1-10-12-7-13(14(16)8-12)15(10)9-11-5-3-2-4-6-11/h2-6,10,12-14,16H,7-9H2,1H3. The smallest absolute Gasteiger partial charge is 0.0699 e. The highest BCUT2D eigenvalue weighted by molar-refractivity contribution is 5.16. The summed E-state index contributed by atoms with van der Waals surface area (Å²) in [7, 11) is 0. The lowest BCUT2D eigenvalue weighted by atomic mass is 9.99. The first-order chi connectivity index (χ1) is 7.75. The van der Waals surface area contributed by atoms with Crippen molar-refractivity contribution in [1.82, 2.24) is 4.90 Å². The molecule has 1 saturated carbocycles. The lowest BCUT2D eigenvalue weighted by molar-refractivity contribution is 0.0253. The van der Waals surface area contributed by atoms with E-state index in [9.17, 15) is 5.11 Å². The van der Waals surface area contributed by atoms with Crippen LogP contribution in [0.1, 0.15) is 25.3 Å². The molecule has 0 radical (unpaired) electrons. The molecular formula is C14H19NO. The molecule has 2 fully saturated rings. The van der Waals surface area contributed by atoms with E-state index in [-0.39, 0.29) is 6.10 Å². The van der Waals surface area contributed by atoms with Crippen LogP contribution in [0.15, 0.2) is 30.3 Å². The summed E-state index contributed by atoms with van der Waals surface area (Å²) in [6, 6.07) is 11.6. The molecule has 86 valence electrons. The number of nitrogens with zero attached hydrogens (tertiary/aromatic N) is 1. The molecule has 1 aromatic carbocycles. The first-order valence-corrected chi connectivity index (χ1v) is 6.23. The number of likely N-dealkylation sites (tertiary alicyclic amines) is 1. The Morgan fingerprint density at radius 3 is 2.69 bits per heavy atom. The van der Waals surface area contributed by atoms with Gasteiger partial charge in [-0.3, -0.25) is 4.90 Å². The maximum absolute atomic E-state index is 9.94. The zero-order valence-corrected chi connectivity index (χ0v) is 9.71. The zero-order chi connectivity index (χ0) is 11.1. The Bertz CT molecular complexity index is 364. The van der Waals surface area contributed by atoms with Crippen molar-refractivity contribution >= 4 is 0 Å². The van der Waals surface area contributed by atoms with Gasteiger partial charge in [-0.25, -0.2) is 0 Å². The van der Waals surface area contributed by atoms with Crippen molar-refractivity contribution in [3.8, 4) is 0 Å². The van der Waals surface area contributed by atoms with Gasteiger partial charge in [-0.15, -0.1) is 0 Å². The van der Waals surface area contributed by atoms with Crippen LogP contribution in [0.3, 0.4) is 0 Å². The summed E-state index contributed by atoms with van der Waals surface area (Å²) in [5.41, 5.74) is 1.36. The molecule has 1 aliphatic carbocycles. The molecule has 1 N–H and O–H groups in total. The average molecular weight is 217 g/mol. The lowest BCUT2D eigenvalue weighted by Crippen LogP contribution is -2.45. The van der Waals surface area contributed by atoms with Gasteiger partial charge in [-0.2, -0.15) is 0 Å². The number of benzene rings is 1. The SMILES string of the molecule is CC1C2CC(O)C(C2)N1Cc1ccccc1. The fraction of sp³-hybridized carbons (Fsp3) is 0.571. The molecule has 2 heteroatoms. The predicted octanol–water partition coefficient (Wildman–Crippen LogP) is 2.03. The third kappa shape index (κ3) is 1.57. The van der Waals surface area contributed by atoms with Crippen molar-refractivity contribution < 1.29 is 5.11 Å². The van der Waals surface area contributed by atoms with E-state index < -0.39 is 0 Å². The van der Waals surface area contributed by atoms with Crippen molar-refractivity contribution in [1.29, 1.82) is 0 Å². The van der Waals surface area contributed by atoms with Gasteiger partial charge in [0.2, 0.25) is 0 Å². The Kier molecular flexibility index (Phi) is 2.49. The van der Waals surface area contributed by atoms with E-state index in [1.165, 1.54) is 12.0 Å². The summed E-state index contributed by atoms with van der Waals surface area (Å²) in [5.74, 6) is 0.712.